The molecule has 0 aromatic rings. The Bertz CT molecular complexity index is 371. The molecule has 0 aromatic carbocycles. The molecule has 0 aliphatic rings. The number of hydrogen-bond donors (Lipinski definition) is 0. The summed E-state index contributed by atoms with van der Waals surface area (Å²) in [5, 5.41) is 0. The van der Waals surface area contributed by atoms with Gasteiger partial charge in [0.25, 0.3) is 0 Å². The average Bonchev–Trinajstić information content (AvgIpc) is 2.70. The first kappa shape index (κ1) is 27.0. The molecule has 0 fully saturated rings. The summed E-state index contributed by atoms with van der Waals surface area (Å²) in [6, 6.07) is 0. The molecule has 0 amide bonds. The summed E-state index contributed by atoms with van der Waals surface area (Å²) in [6.07, 6.45) is 31.5. The number of allylic oxidation sites excluding steroid dienone is 3. The van der Waals surface area contributed by atoms with Gasteiger partial charge in [-0.05, 0) is 45.1 Å². The summed E-state index contributed by atoms with van der Waals surface area (Å²) >= 11 is 0. The molecule has 0 rings (SSSR count). The SMILES string of the molecule is C/C=C/CCCCCCCCCCC(=O)OC=CCCCCCCCCCC. The lowest BCUT2D eigenvalue weighted by atomic mass is 10.1. The van der Waals surface area contributed by atoms with E-state index in [9.17, 15) is 4.79 Å². The van der Waals surface area contributed by atoms with Gasteiger partial charge in [0.05, 0.1) is 6.26 Å². The maximum absolute atomic E-state index is 11.7. The number of unbranched alkanes of at least 4 members (excludes halogenated alkanes) is 16. The zero-order valence-corrected chi connectivity index (χ0v) is 19.1. The smallest absolute Gasteiger partial charge is 0.310 e. The first-order valence-corrected chi connectivity index (χ1v) is 12.3. The third-order valence-corrected chi connectivity index (χ3v) is 5.26. The highest BCUT2D eigenvalue weighted by Crippen LogP contribution is 2.12. The van der Waals surface area contributed by atoms with Crippen LogP contribution in [-0.2, 0) is 9.53 Å². The molecule has 0 aliphatic carbocycles. The van der Waals surface area contributed by atoms with E-state index in [4.69, 9.17) is 4.74 Å². The molecule has 2 heteroatoms. The molecule has 0 atom stereocenters. The predicted molar refractivity (Wildman–Crippen MR) is 123 cm³/mol. The monoisotopic (exact) mass is 392 g/mol. The highest BCUT2D eigenvalue weighted by molar-refractivity contribution is 5.69. The Kier molecular flexibility index (Phi) is 23.1. The molecule has 0 heterocycles. The fourth-order valence-electron chi connectivity index (χ4n) is 3.41. The number of ether oxygens (including phenoxy) is 1. The average molecular weight is 393 g/mol. The second kappa shape index (κ2) is 24.0. The zero-order chi connectivity index (χ0) is 20.5. The van der Waals surface area contributed by atoms with Crippen LogP contribution in [-0.4, -0.2) is 5.97 Å². The van der Waals surface area contributed by atoms with Crippen molar-refractivity contribution in [2.45, 2.75) is 136 Å². The van der Waals surface area contributed by atoms with Crippen molar-refractivity contribution in [3.63, 3.8) is 0 Å². The molecule has 0 spiro atoms. The quantitative estimate of drug-likeness (QED) is 0.0842. The van der Waals surface area contributed by atoms with Crippen LogP contribution in [0.25, 0.3) is 0 Å². The minimum atomic E-state index is -0.0730. The summed E-state index contributed by atoms with van der Waals surface area (Å²) in [6.45, 7) is 4.35. The molecule has 0 radical (unpaired) electrons. The van der Waals surface area contributed by atoms with Crippen molar-refractivity contribution in [2.75, 3.05) is 0 Å². The van der Waals surface area contributed by atoms with Gasteiger partial charge >= 0.3 is 5.97 Å². The Morgan fingerprint density at radius 3 is 1.64 bits per heavy atom. The Labute approximate surface area is 176 Å². The Hall–Kier alpha value is -1.05. The number of esters is 1. The van der Waals surface area contributed by atoms with E-state index < -0.39 is 0 Å². The van der Waals surface area contributed by atoms with E-state index in [0.29, 0.717) is 6.42 Å². The lowest BCUT2D eigenvalue weighted by Gasteiger charge is -2.02. The van der Waals surface area contributed by atoms with Crippen molar-refractivity contribution in [3.8, 4) is 0 Å². The van der Waals surface area contributed by atoms with Crippen molar-refractivity contribution in [1.29, 1.82) is 0 Å². The molecule has 0 bridgehead atoms. The van der Waals surface area contributed by atoms with E-state index in [-0.39, 0.29) is 5.97 Å². The van der Waals surface area contributed by atoms with Gasteiger partial charge in [-0.2, -0.15) is 0 Å². The maximum Gasteiger partial charge on any atom is 0.310 e. The van der Waals surface area contributed by atoms with Gasteiger partial charge in [0.1, 0.15) is 0 Å². The van der Waals surface area contributed by atoms with Gasteiger partial charge in [-0.3, -0.25) is 4.79 Å². The second-order valence-electron chi connectivity index (χ2n) is 8.06. The first-order chi connectivity index (χ1) is 13.8. The number of carbonyl (C=O) groups excluding carboxylic acids is 1. The molecule has 0 N–H and O–H groups in total. The first-order valence-electron chi connectivity index (χ1n) is 12.3. The second-order valence-corrected chi connectivity index (χ2v) is 8.06. The topological polar surface area (TPSA) is 26.3 Å². The highest BCUT2D eigenvalue weighted by Gasteiger charge is 2.00. The summed E-state index contributed by atoms with van der Waals surface area (Å²) < 4.78 is 5.18. The van der Waals surface area contributed by atoms with Crippen LogP contribution in [0.5, 0.6) is 0 Å². The third kappa shape index (κ3) is 23.0. The predicted octanol–water partition coefficient (Wildman–Crippen LogP) is 9.05. The van der Waals surface area contributed by atoms with Crippen LogP contribution < -0.4 is 0 Å². The van der Waals surface area contributed by atoms with Crippen LogP contribution in [0.3, 0.4) is 0 Å². The fourth-order valence-corrected chi connectivity index (χ4v) is 3.41. The van der Waals surface area contributed by atoms with E-state index in [0.717, 1.165) is 19.3 Å². The summed E-state index contributed by atoms with van der Waals surface area (Å²) in [5.41, 5.74) is 0. The van der Waals surface area contributed by atoms with Crippen LogP contribution in [0.4, 0.5) is 0 Å². The minimum absolute atomic E-state index is 0.0730. The molecule has 0 saturated carbocycles. The van der Waals surface area contributed by atoms with Crippen LogP contribution >= 0.6 is 0 Å². The highest BCUT2D eigenvalue weighted by atomic mass is 16.5. The minimum Gasteiger partial charge on any atom is -0.435 e. The molecule has 0 saturated heterocycles. The van der Waals surface area contributed by atoms with Gasteiger partial charge in [0.15, 0.2) is 0 Å². The van der Waals surface area contributed by atoms with Crippen LogP contribution in [0, 0.1) is 0 Å². The summed E-state index contributed by atoms with van der Waals surface area (Å²) in [4.78, 5) is 11.7. The van der Waals surface area contributed by atoms with Crippen molar-refractivity contribution in [3.05, 3.63) is 24.5 Å². The van der Waals surface area contributed by atoms with Crippen molar-refractivity contribution in [2.24, 2.45) is 0 Å². The van der Waals surface area contributed by atoms with E-state index in [1.165, 1.54) is 96.3 Å². The molecule has 0 unspecified atom stereocenters. The maximum atomic E-state index is 11.7. The lowest BCUT2D eigenvalue weighted by Crippen LogP contribution is -1.98. The van der Waals surface area contributed by atoms with Gasteiger partial charge in [-0.1, -0.05) is 103 Å². The zero-order valence-electron chi connectivity index (χ0n) is 19.1. The Morgan fingerprint density at radius 1 is 0.643 bits per heavy atom. The van der Waals surface area contributed by atoms with Crippen molar-refractivity contribution in [1.82, 2.24) is 0 Å². The van der Waals surface area contributed by atoms with E-state index in [1.807, 2.05) is 6.08 Å². The van der Waals surface area contributed by atoms with E-state index in [2.05, 4.69) is 26.0 Å². The standard InChI is InChI=1S/C26H48O2/c1-3-5-7-9-11-13-15-16-18-20-22-24-26(27)28-25-23-21-19-17-14-12-10-8-6-4-2/h3,5,23,25H,4,6-22,24H2,1-2H3/b5-3+,25-23?. The number of hydrogen-bond acceptors (Lipinski definition) is 2. The van der Waals surface area contributed by atoms with Crippen LogP contribution in [0.15, 0.2) is 24.5 Å². The largest absolute Gasteiger partial charge is 0.435 e. The van der Waals surface area contributed by atoms with Gasteiger partial charge in [0, 0.05) is 6.42 Å². The molecular weight excluding hydrogens is 344 g/mol. The van der Waals surface area contributed by atoms with Gasteiger partial charge in [0.2, 0.25) is 0 Å². The Balaban J connectivity index is 3.25. The lowest BCUT2D eigenvalue weighted by molar-refractivity contribution is -0.138. The number of carbonyl (C=O) groups is 1. The third-order valence-electron chi connectivity index (χ3n) is 5.26. The molecular formula is C26H48O2. The molecule has 0 aliphatic heterocycles. The van der Waals surface area contributed by atoms with E-state index >= 15 is 0 Å². The van der Waals surface area contributed by atoms with E-state index in [1.54, 1.807) is 6.26 Å². The van der Waals surface area contributed by atoms with Gasteiger partial charge in [-0.15, -0.1) is 0 Å². The normalized spacial score (nSPS) is 11.6. The van der Waals surface area contributed by atoms with Crippen LogP contribution in [0.2, 0.25) is 0 Å². The number of rotatable bonds is 21. The molecule has 164 valence electrons. The Morgan fingerprint density at radius 2 is 1.11 bits per heavy atom. The summed E-state index contributed by atoms with van der Waals surface area (Å²) in [5.74, 6) is -0.0730. The van der Waals surface area contributed by atoms with Gasteiger partial charge < -0.3 is 4.74 Å². The van der Waals surface area contributed by atoms with Crippen molar-refractivity contribution < 1.29 is 9.53 Å². The molecule has 28 heavy (non-hydrogen) atoms. The van der Waals surface area contributed by atoms with Crippen molar-refractivity contribution >= 4 is 5.97 Å². The summed E-state index contributed by atoms with van der Waals surface area (Å²) in [7, 11) is 0. The van der Waals surface area contributed by atoms with Crippen LogP contribution in [0.1, 0.15) is 136 Å². The molecule has 2 nitrogen and oxygen atoms in total. The fraction of sp³-hybridized carbons (Fsp3) is 0.808. The van der Waals surface area contributed by atoms with Gasteiger partial charge in [-0.25, -0.2) is 0 Å². The molecule has 0 aromatic heterocycles.